The van der Waals surface area contributed by atoms with E-state index in [-0.39, 0.29) is 5.91 Å². The summed E-state index contributed by atoms with van der Waals surface area (Å²) in [5, 5.41) is 14.1. The molecule has 0 saturated carbocycles. The predicted molar refractivity (Wildman–Crippen MR) is 98.3 cm³/mol. The Balaban J connectivity index is 1.40. The van der Waals surface area contributed by atoms with Crippen molar-refractivity contribution >= 4 is 5.91 Å². The summed E-state index contributed by atoms with van der Waals surface area (Å²) in [5.41, 5.74) is 3.80. The van der Waals surface area contributed by atoms with Crippen LogP contribution in [-0.2, 0) is 6.54 Å². The van der Waals surface area contributed by atoms with Crippen LogP contribution in [0, 0.1) is 13.8 Å². The monoisotopic (exact) mass is 362 g/mol. The minimum atomic E-state index is -0.272. The van der Waals surface area contributed by atoms with Gasteiger partial charge in [0.1, 0.15) is 5.69 Å². The fourth-order valence-corrected chi connectivity index (χ4v) is 2.78. The number of hydrogen-bond acceptors (Lipinski definition) is 5. The topological polar surface area (TPSA) is 102 Å². The van der Waals surface area contributed by atoms with Crippen LogP contribution in [0.2, 0.25) is 0 Å². The number of hydrogen-bond donors (Lipinski definition) is 2. The molecule has 0 fully saturated rings. The molecule has 4 rings (SSSR count). The van der Waals surface area contributed by atoms with Crippen molar-refractivity contribution in [2.24, 2.45) is 0 Å². The molecule has 0 aromatic carbocycles. The van der Waals surface area contributed by atoms with E-state index < -0.39 is 0 Å². The summed E-state index contributed by atoms with van der Waals surface area (Å²) in [5.74, 6) is 1.10. The Labute approximate surface area is 155 Å². The molecule has 136 valence electrons. The molecule has 0 aliphatic carbocycles. The molecular formula is C19H18N6O2. The molecule has 4 aromatic rings. The van der Waals surface area contributed by atoms with Gasteiger partial charge in [-0.25, -0.2) is 9.67 Å². The number of carbonyl (C=O) groups is 1. The molecule has 0 aliphatic rings. The van der Waals surface area contributed by atoms with Gasteiger partial charge < -0.3 is 9.73 Å². The minimum absolute atomic E-state index is 0.272. The van der Waals surface area contributed by atoms with E-state index in [0.717, 1.165) is 22.8 Å². The van der Waals surface area contributed by atoms with Crippen molar-refractivity contribution in [2.75, 3.05) is 0 Å². The number of amides is 1. The van der Waals surface area contributed by atoms with Gasteiger partial charge in [0, 0.05) is 24.5 Å². The maximum atomic E-state index is 12.3. The van der Waals surface area contributed by atoms with Gasteiger partial charge in [0.05, 0.1) is 12.0 Å². The normalized spacial score (nSPS) is 10.9. The van der Waals surface area contributed by atoms with Gasteiger partial charge in [-0.2, -0.15) is 10.2 Å². The number of carbonyl (C=O) groups excluding carboxylic acids is 1. The third-order valence-corrected chi connectivity index (χ3v) is 4.09. The quantitative estimate of drug-likeness (QED) is 0.568. The zero-order valence-electron chi connectivity index (χ0n) is 14.9. The first-order valence-electron chi connectivity index (χ1n) is 8.46. The van der Waals surface area contributed by atoms with Crippen molar-refractivity contribution in [2.45, 2.75) is 20.4 Å². The van der Waals surface area contributed by atoms with Crippen molar-refractivity contribution < 1.29 is 9.21 Å². The number of H-pyrrole nitrogens is 1. The average Bonchev–Trinajstić information content (AvgIpc) is 3.40. The Bertz CT molecular complexity index is 1060. The number of furan rings is 1. The number of aromatic amines is 1. The number of aryl methyl sites for hydroxylation is 2. The number of nitrogens with zero attached hydrogens (tertiary/aromatic N) is 4. The molecule has 0 bridgehead atoms. The SMILES string of the molecule is Cc1cc(C)n(-c2ccc(CNC(=O)c3cc(-c4ccco4)[nH]n3)cn2)n1. The smallest absolute Gasteiger partial charge is 0.272 e. The van der Waals surface area contributed by atoms with Crippen LogP contribution in [0.25, 0.3) is 17.3 Å². The van der Waals surface area contributed by atoms with Crippen LogP contribution in [0.3, 0.4) is 0 Å². The second-order valence-electron chi connectivity index (χ2n) is 6.19. The lowest BCUT2D eigenvalue weighted by Gasteiger charge is -2.06. The Hall–Kier alpha value is -3.68. The van der Waals surface area contributed by atoms with Crippen LogP contribution < -0.4 is 5.32 Å². The van der Waals surface area contributed by atoms with Crippen LogP contribution >= 0.6 is 0 Å². The number of rotatable bonds is 5. The molecule has 0 spiro atoms. The number of pyridine rings is 1. The summed E-state index contributed by atoms with van der Waals surface area (Å²) in [4.78, 5) is 16.7. The fraction of sp³-hybridized carbons (Fsp3) is 0.158. The van der Waals surface area contributed by atoms with E-state index in [0.29, 0.717) is 23.7 Å². The maximum absolute atomic E-state index is 12.3. The summed E-state index contributed by atoms with van der Waals surface area (Å²) in [6.45, 7) is 4.28. The van der Waals surface area contributed by atoms with Crippen molar-refractivity contribution in [3.8, 4) is 17.3 Å². The lowest BCUT2D eigenvalue weighted by molar-refractivity contribution is 0.0946. The van der Waals surface area contributed by atoms with Crippen molar-refractivity contribution in [3.05, 3.63) is 71.5 Å². The number of nitrogens with one attached hydrogen (secondary N) is 2. The summed E-state index contributed by atoms with van der Waals surface area (Å²) >= 11 is 0. The van der Waals surface area contributed by atoms with Crippen LogP contribution in [0.1, 0.15) is 27.4 Å². The highest BCUT2D eigenvalue weighted by Crippen LogP contribution is 2.17. The molecule has 8 heteroatoms. The second kappa shape index (κ2) is 6.91. The Morgan fingerprint density at radius 1 is 1.26 bits per heavy atom. The van der Waals surface area contributed by atoms with Gasteiger partial charge in [-0.3, -0.25) is 9.89 Å². The standard InChI is InChI=1S/C19H18N6O2/c1-12-8-13(2)25(24-12)18-6-5-14(10-20-18)11-21-19(26)16-9-15(22-23-16)17-4-3-7-27-17/h3-10H,11H2,1-2H3,(H,21,26)(H,22,23). The van der Waals surface area contributed by atoms with Crippen LogP contribution in [0.4, 0.5) is 0 Å². The van der Waals surface area contributed by atoms with Gasteiger partial charge in [0.25, 0.3) is 5.91 Å². The van der Waals surface area contributed by atoms with Gasteiger partial charge in [0.2, 0.25) is 0 Å². The van der Waals surface area contributed by atoms with E-state index in [9.17, 15) is 4.79 Å². The minimum Gasteiger partial charge on any atom is -0.463 e. The third kappa shape index (κ3) is 3.50. The van der Waals surface area contributed by atoms with E-state index in [2.05, 4.69) is 25.6 Å². The molecule has 4 heterocycles. The number of aromatic nitrogens is 5. The van der Waals surface area contributed by atoms with E-state index >= 15 is 0 Å². The molecule has 0 aliphatic heterocycles. The Morgan fingerprint density at radius 2 is 2.15 bits per heavy atom. The first kappa shape index (κ1) is 16.8. The molecule has 0 unspecified atom stereocenters. The van der Waals surface area contributed by atoms with E-state index in [4.69, 9.17) is 4.42 Å². The maximum Gasteiger partial charge on any atom is 0.272 e. The van der Waals surface area contributed by atoms with E-state index in [1.165, 1.54) is 0 Å². The lowest BCUT2D eigenvalue weighted by Crippen LogP contribution is -2.23. The van der Waals surface area contributed by atoms with Crippen molar-refractivity contribution in [3.63, 3.8) is 0 Å². The molecule has 0 atom stereocenters. The second-order valence-corrected chi connectivity index (χ2v) is 6.19. The van der Waals surface area contributed by atoms with Gasteiger partial charge in [-0.15, -0.1) is 0 Å². The zero-order chi connectivity index (χ0) is 18.8. The molecule has 27 heavy (non-hydrogen) atoms. The lowest BCUT2D eigenvalue weighted by atomic mass is 10.2. The largest absolute Gasteiger partial charge is 0.463 e. The summed E-state index contributed by atoms with van der Waals surface area (Å²) in [6, 6.07) is 11.0. The molecule has 0 radical (unpaired) electrons. The molecule has 4 aromatic heterocycles. The fourth-order valence-electron chi connectivity index (χ4n) is 2.78. The van der Waals surface area contributed by atoms with Gasteiger partial charge >= 0.3 is 0 Å². The van der Waals surface area contributed by atoms with E-state index in [1.807, 2.05) is 32.0 Å². The molecule has 8 nitrogen and oxygen atoms in total. The van der Waals surface area contributed by atoms with Crippen molar-refractivity contribution in [1.29, 1.82) is 0 Å². The highest BCUT2D eigenvalue weighted by Gasteiger charge is 2.12. The highest BCUT2D eigenvalue weighted by molar-refractivity contribution is 5.93. The van der Waals surface area contributed by atoms with E-state index in [1.54, 1.807) is 35.3 Å². The van der Waals surface area contributed by atoms with Crippen molar-refractivity contribution in [1.82, 2.24) is 30.3 Å². The zero-order valence-corrected chi connectivity index (χ0v) is 14.9. The average molecular weight is 362 g/mol. The summed E-state index contributed by atoms with van der Waals surface area (Å²) in [6.07, 6.45) is 3.30. The third-order valence-electron chi connectivity index (χ3n) is 4.09. The van der Waals surface area contributed by atoms with Gasteiger partial charge in [-0.05, 0) is 43.7 Å². The van der Waals surface area contributed by atoms with Gasteiger partial charge in [-0.1, -0.05) is 6.07 Å². The molecular weight excluding hydrogens is 344 g/mol. The molecule has 0 saturated heterocycles. The first-order valence-corrected chi connectivity index (χ1v) is 8.46. The highest BCUT2D eigenvalue weighted by atomic mass is 16.3. The van der Waals surface area contributed by atoms with Crippen LogP contribution in [-0.4, -0.2) is 30.9 Å². The van der Waals surface area contributed by atoms with Crippen LogP contribution in [0.5, 0.6) is 0 Å². The van der Waals surface area contributed by atoms with Gasteiger partial charge in [0.15, 0.2) is 17.3 Å². The molecule has 2 N–H and O–H groups in total. The molecule has 1 amide bonds. The van der Waals surface area contributed by atoms with Crippen LogP contribution in [0.15, 0.2) is 53.3 Å². The Morgan fingerprint density at radius 3 is 2.81 bits per heavy atom. The summed E-state index contributed by atoms with van der Waals surface area (Å²) in [7, 11) is 0. The summed E-state index contributed by atoms with van der Waals surface area (Å²) < 4.78 is 7.07. The Kier molecular flexibility index (Phi) is 4.29. The first-order chi connectivity index (χ1) is 13.1. The predicted octanol–water partition coefficient (Wildman–Crippen LogP) is 2.80.